The summed E-state index contributed by atoms with van der Waals surface area (Å²) in [5, 5.41) is 12.8. The number of nitrogens with one attached hydrogen (secondary N) is 1. The smallest absolute Gasteiger partial charge is 0.168 e. The first kappa shape index (κ1) is 12.8. The molecule has 90 valence electrons. The molecule has 4 heteroatoms. The van der Waals surface area contributed by atoms with Crippen molar-refractivity contribution < 1.29 is 9.84 Å². The van der Waals surface area contributed by atoms with Gasteiger partial charge in [-0.05, 0) is 24.5 Å². The Balaban J connectivity index is 2.47. The van der Waals surface area contributed by atoms with Gasteiger partial charge in [0.15, 0.2) is 11.6 Å². The fourth-order valence-electron chi connectivity index (χ4n) is 1.53. The van der Waals surface area contributed by atoms with Crippen LogP contribution in [0.4, 0.5) is 5.82 Å². The molecule has 0 aliphatic heterocycles. The minimum atomic E-state index is -0.355. The number of hydrogen-bond acceptors (Lipinski definition) is 4. The van der Waals surface area contributed by atoms with Crippen LogP contribution in [0.25, 0.3) is 0 Å². The Morgan fingerprint density at radius 3 is 2.88 bits per heavy atom. The summed E-state index contributed by atoms with van der Waals surface area (Å²) in [6, 6.07) is 3.65. The van der Waals surface area contributed by atoms with Gasteiger partial charge in [0.25, 0.3) is 0 Å². The molecule has 0 fully saturated rings. The molecule has 0 radical (unpaired) electrons. The highest BCUT2D eigenvalue weighted by atomic mass is 16.5. The van der Waals surface area contributed by atoms with E-state index in [1.54, 1.807) is 13.3 Å². The zero-order chi connectivity index (χ0) is 12.0. The van der Waals surface area contributed by atoms with Crippen molar-refractivity contribution in [1.82, 2.24) is 4.98 Å². The Hall–Kier alpha value is -1.29. The molecule has 4 nitrogen and oxygen atoms in total. The lowest BCUT2D eigenvalue weighted by Gasteiger charge is -2.15. The molecule has 1 unspecified atom stereocenters. The zero-order valence-electron chi connectivity index (χ0n) is 10.1. The summed E-state index contributed by atoms with van der Waals surface area (Å²) in [5.41, 5.74) is 0. The zero-order valence-corrected chi connectivity index (χ0v) is 10.1. The number of aliphatic hydroxyl groups excluding tert-OH is 1. The third kappa shape index (κ3) is 4.06. The van der Waals surface area contributed by atoms with Crippen molar-refractivity contribution in [2.24, 2.45) is 5.92 Å². The van der Waals surface area contributed by atoms with E-state index < -0.39 is 0 Å². The maximum Gasteiger partial charge on any atom is 0.168 e. The average Bonchev–Trinajstić information content (AvgIpc) is 2.26. The van der Waals surface area contributed by atoms with Crippen molar-refractivity contribution in [1.29, 1.82) is 0 Å². The van der Waals surface area contributed by atoms with Crippen molar-refractivity contribution in [2.75, 3.05) is 19.0 Å². The number of hydrogen-bond donors (Lipinski definition) is 2. The molecule has 0 aliphatic rings. The van der Waals surface area contributed by atoms with E-state index in [1.807, 2.05) is 12.1 Å². The van der Waals surface area contributed by atoms with Gasteiger partial charge in [-0.15, -0.1) is 0 Å². The molecule has 0 spiro atoms. The van der Waals surface area contributed by atoms with Crippen molar-refractivity contribution in [2.45, 2.75) is 26.4 Å². The molecular formula is C12H20N2O2. The first-order chi connectivity index (χ1) is 7.63. The lowest BCUT2D eigenvalue weighted by Crippen LogP contribution is -2.21. The van der Waals surface area contributed by atoms with Gasteiger partial charge in [-0.2, -0.15) is 0 Å². The topological polar surface area (TPSA) is 54.4 Å². The molecule has 0 aliphatic carbocycles. The molecule has 1 aromatic heterocycles. The molecule has 1 heterocycles. The minimum absolute atomic E-state index is 0.355. The predicted octanol–water partition coefficient (Wildman–Crippen LogP) is 1.91. The largest absolute Gasteiger partial charge is 0.493 e. The second-order valence-electron chi connectivity index (χ2n) is 4.22. The predicted molar refractivity (Wildman–Crippen MR) is 64.7 cm³/mol. The van der Waals surface area contributed by atoms with Crippen LogP contribution in [0.2, 0.25) is 0 Å². The molecule has 1 rings (SSSR count). The molecule has 0 saturated carbocycles. The summed E-state index contributed by atoms with van der Waals surface area (Å²) in [5.74, 6) is 1.86. The number of pyridine rings is 1. The van der Waals surface area contributed by atoms with E-state index in [1.165, 1.54) is 0 Å². The number of aromatic nitrogens is 1. The van der Waals surface area contributed by atoms with Crippen LogP contribution in [0.1, 0.15) is 20.3 Å². The van der Waals surface area contributed by atoms with Gasteiger partial charge in [0.1, 0.15) is 0 Å². The first-order valence-electron chi connectivity index (χ1n) is 5.54. The number of methoxy groups -OCH3 is 1. The van der Waals surface area contributed by atoms with E-state index in [-0.39, 0.29) is 6.10 Å². The standard InChI is InChI=1S/C12H20N2O2/c1-9(2)7-10(15)8-14-12-11(16-3)5-4-6-13-12/h4-6,9-10,15H,7-8H2,1-3H3,(H,13,14). The number of ether oxygens (including phenoxy) is 1. The Labute approximate surface area is 96.7 Å². The van der Waals surface area contributed by atoms with E-state index in [0.717, 1.165) is 6.42 Å². The molecule has 16 heavy (non-hydrogen) atoms. The van der Waals surface area contributed by atoms with Gasteiger partial charge in [0, 0.05) is 12.7 Å². The quantitative estimate of drug-likeness (QED) is 0.775. The average molecular weight is 224 g/mol. The molecule has 0 bridgehead atoms. The van der Waals surface area contributed by atoms with Crippen LogP contribution in [0.15, 0.2) is 18.3 Å². The molecule has 0 saturated heterocycles. The monoisotopic (exact) mass is 224 g/mol. The van der Waals surface area contributed by atoms with Gasteiger partial charge in [-0.3, -0.25) is 0 Å². The van der Waals surface area contributed by atoms with E-state index >= 15 is 0 Å². The molecule has 1 aromatic rings. The van der Waals surface area contributed by atoms with Crippen LogP contribution in [0, 0.1) is 5.92 Å². The maximum atomic E-state index is 9.71. The second kappa shape index (κ2) is 6.33. The van der Waals surface area contributed by atoms with Gasteiger partial charge in [0.2, 0.25) is 0 Å². The highest BCUT2D eigenvalue weighted by molar-refractivity contribution is 5.49. The fourth-order valence-corrected chi connectivity index (χ4v) is 1.53. The molecule has 1 atom stereocenters. The Morgan fingerprint density at radius 2 is 2.25 bits per heavy atom. The summed E-state index contributed by atoms with van der Waals surface area (Å²) >= 11 is 0. The Bertz CT molecular complexity index is 316. The summed E-state index contributed by atoms with van der Waals surface area (Å²) in [6.45, 7) is 4.67. The Kier molecular flexibility index (Phi) is 5.05. The first-order valence-corrected chi connectivity index (χ1v) is 5.54. The molecule has 2 N–H and O–H groups in total. The van der Waals surface area contributed by atoms with Crippen LogP contribution in [-0.4, -0.2) is 29.8 Å². The third-order valence-corrected chi connectivity index (χ3v) is 2.24. The van der Waals surface area contributed by atoms with E-state index in [4.69, 9.17) is 4.74 Å². The van der Waals surface area contributed by atoms with Gasteiger partial charge in [0.05, 0.1) is 13.2 Å². The lowest BCUT2D eigenvalue weighted by molar-refractivity contribution is 0.161. The van der Waals surface area contributed by atoms with Gasteiger partial charge < -0.3 is 15.2 Å². The van der Waals surface area contributed by atoms with Crippen LogP contribution in [0.5, 0.6) is 5.75 Å². The molecule has 0 amide bonds. The van der Waals surface area contributed by atoms with Crippen LogP contribution in [-0.2, 0) is 0 Å². The van der Waals surface area contributed by atoms with Crippen molar-refractivity contribution >= 4 is 5.82 Å². The summed E-state index contributed by atoms with van der Waals surface area (Å²) in [4.78, 5) is 4.15. The van der Waals surface area contributed by atoms with Crippen LogP contribution in [0.3, 0.4) is 0 Å². The van der Waals surface area contributed by atoms with E-state index in [2.05, 4.69) is 24.1 Å². The van der Waals surface area contributed by atoms with Crippen molar-refractivity contribution in [3.8, 4) is 5.75 Å². The van der Waals surface area contributed by atoms with Crippen molar-refractivity contribution in [3.63, 3.8) is 0 Å². The normalized spacial score (nSPS) is 12.6. The van der Waals surface area contributed by atoms with E-state index in [0.29, 0.717) is 24.0 Å². The number of rotatable bonds is 6. The van der Waals surface area contributed by atoms with Gasteiger partial charge in [-0.25, -0.2) is 4.98 Å². The van der Waals surface area contributed by atoms with Crippen LogP contribution < -0.4 is 10.1 Å². The van der Waals surface area contributed by atoms with E-state index in [9.17, 15) is 5.11 Å². The summed E-state index contributed by atoms with van der Waals surface area (Å²) in [7, 11) is 1.60. The number of anilines is 1. The third-order valence-electron chi connectivity index (χ3n) is 2.24. The van der Waals surface area contributed by atoms with Crippen LogP contribution >= 0.6 is 0 Å². The lowest BCUT2D eigenvalue weighted by atomic mass is 10.1. The second-order valence-corrected chi connectivity index (χ2v) is 4.22. The maximum absolute atomic E-state index is 9.71. The van der Waals surface area contributed by atoms with Gasteiger partial charge in [-0.1, -0.05) is 13.8 Å². The summed E-state index contributed by atoms with van der Waals surface area (Å²) < 4.78 is 5.15. The highest BCUT2D eigenvalue weighted by Crippen LogP contribution is 2.20. The Morgan fingerprint density at radius 1 is 1.50 bits per heavy atom. The number of aliphatic hydroxyl groups is 1. The summed E-state index contributed by atoms with van der Waals surface area (Å²) in [6.07, 6.45) is 2.12. The van der Waals surface area contributed by atoms with Gasteiger partial charge >= 0.3 is 0 Å². The molecular weight excluding hydrogens is 204 g/mol. The minimum Gasteiger partial charge on any atom is -0.493 e. The molecule has 0 aromatic carbocycles. The SMILES string of the molecule is COc1cccnc1NCC(O)CC(C)C. The van der Waals surface area contributed by atoms with Crippen molar-refractivity contribution in [3.05, 3.63) is 18.3 Å². The number of nitrogens with zero attached hydrogens (tertiary/aromatic N) is 1. The highest BCUT2D eigenvalue weighted by Gasteiger charge is 2.08. The fraction of sp³-hybridized carbons (Fsp3) is 0.583.